The maximum Gasteiger partial charge on any atom is 0.258 e. The van der Waals surface area contributed by atoms with Gasteiger partial charge in [-0.15, -0.1) is 0 Å². The van der Waals surface area contributed by atoms with Crippen molar-refractivity contribution in [1.82, 2.24) is 0 Å². The number of benzene rings is 1. The summed E-state index contributed by atoms with van der Waals surface area (Å²) in [4.78, 5) is 11.0. The van der Waals surface area contributed by atoms with Crippen molar-refractivity contribution in [3.05, 3.63) is 24.3 Å². The maximum atomic E-state index is 11.0. The number of aliphatic hydroxyl groups is 1. The minimum Gasteiger partial charge on any atom is -0.491 e. The lowest BCUT2D eigenvalue weighted by molar-refractivity contribution is -0.123. The highest BCUT2D eigenvalue weighted by molar-refractivity contribution is 5.78. The van der Waals surface area contributed by atoms with Crippen LogP contribution in [0.3, 0.4) is 0 Å². The van der Waals surface area contributed by atoms with Crippen LogP contribution >= 0.6 is 0 Å². The number of nitrogens with two attached hydrogens (primary N) is 1. The van der Waals surface area contributed by atoms with Crippen LogP contribution in [0, 0.1) is 0 Å². The molecule has 3 N–H and O–H groups in total. The fraction of sp³-hybridized carbons (Fsp3) is 0.588. The highest BCUT2D eigenvalue weighted by atomic mass is 16.5. The number of carbonyl (C=O) groups is 1. The summed E-state index contributed by atoms with van der Waals surface area (Å²) in [6.07, 6.45) is 0.400. The molecule has 7 nitrogen and oxygen atoms in total. The number of carbonyl (C=O) groups excluding carboxylic acids is 1. The van der Waals surface area contributed by atoms with E-state index < -0.39 is 18.1 Å². The normalized spacial score (nSPS) is 17.9. The summed E-state index contributed by atoms with van der Waals surface area (Å²) in [5.74, 6) is 0.475. The standard InChI is InChI=1S/C17H25NO6/c1-12(17(18)20)24-16-4-2-3-15(9-16)23-11-13(19)10-22-14-5-7-21-8-6-14/h2-4,9,12-14,19H,5-8,10-11H2,1H3,(H2,18,20). The number of hydrogen-bond acceptors (Lipinski definition) is 6. The van der Waals surface area contributed by atoms with Gasteiger partial charge in [0.25, 0.3) is 5.91 Å². The minimum absolute atomic E-state index is 0.109. The molecule has 1 aromatic rings. The van der Waals surface area contributed by atoms with E-state index >= 15 is 0 Å². The molecule has 2 atom stereocenters. The number of aliphatic hydroxyl groups excluding tert-OH is 1. The highest BCUT2D eigenvalue weighted by Gasteiger charge is 2.16. The number of amides is 1. The van der Waals surface area contributed by atoms with E-state index in [9.17, 15) is 9.90 Å². The van der Waals surface area contributed by atoms with Gasteiger partial charge in [-0.05, 0) is 31.9 Å². The second kappa shape index (κ2) is 9.46. The first kappa shape index (κ1) is 18.5. The van der Waals surface area contributed by atoms with E-state index in [1.165, 1.54) is 0 Å². The Kier molecular flexibility index (Phi) is 7.30. The molecule has 7 heteroatoms. The molecule has 0 aliphatic carbocycles. The van der Waals surface area contributed by atoms with E-state index in [2.05, 4.69) is 0 Å². The van der Waals surface area contributed by atoms with Crippen LogP contribution in [0.15, 0.2) is 24.3 Å². The topological polar surface area (TPSA) is 100 Å². The van der Waals surface area contributed by atoms with E-state index in [4.69, 9.17) is 24.7 Å². The first-order valence-electron chi connectivity index (χ1n) is 8.11. The van der Waals surface area contributed by atoms with Crippen LogP contribution in [0.5, 0.6) is 11.5 Å². The molecule has 1 saturated heterocycles. The number of rotatable bonds is 9. The van der Waals surface area contributed by atoms with Gasteiger partial charge in [0.2, 0.25) is 0 Å². The largest absolute Gasteiger partial charge is 0.491 e. The predicted octanol–water partition coefficient (Wildman–Crippen LogP) is 0.874. The lowest BCUT2D eigenvalue weighted by Crippen LogP contribution is -2.30. The summed E-state index contributed by atoms with van der Waals surface area (Å²) in [5.41, 5.74) is 5.17. The van der Waals surface area contributed by atoms with Gasteiger partial charge in [0.05, 0.1) is 12.7 Å². The molecule has 0 radical (unpaired) electrons. The van der Waals surface area contributed by atoms with E-state index in [1.54, 1.807) is 31.2 Å². The third kappa shape index (κ3) is 6.35. The fourth-order valence-electron chi connectivity index (χ4n) is 2.23. The first-order chi connectivity index (χ1) is 11.5. The van der Waals surface area contributed by atoms with Crippen molar-refractivity contribution in [3.8, 4) is 11.5 Å². The molecule has 1 aliphatic rings. The van der Waals surface area contributed by atoms with Gasteiger partial charge in [-0.3, -0.25) is 4.79 Å². The van der Waals surface area contributed by atoms with Crippen molar-refractivity contribution in [1.29, 1.82) is 0 Å². The van der Waals surface area contributed by atoms with Gasteiger partial charge in [-0.1, -0.05) is 6.07 Å². The zero-order chi connectivity index (χ0) is 17.4. The van der Waals surface area contributed by atoms with Gasteiger partial charge >= 0.3 is 0 Å². The molecule has 1 fully saturated rings. The van der Waals surface area contributed by atoms with Crippen molar-refractivity contribution < 1.29 is 28.8 Å². The molecule has 1 aliphatic heterocycles. The third-order valence-electron chi connectivity index (χ3n) is 3.65. The molecule has 2 rings (SSSR count). The van der Waals surface area contributed by atoms with Crippen LogP contribution in [-0.2, 0) is 14.3 Å². The van der Waals surface area contributed by atoms with Gasteiger partial charge < -0.3 is 29.8 Å². The summed E-state index contributed by atoms with van der Waals surface area (Å²) >= 11 is 0. The monoisotopic (exact) mass is 339 g/mol. The number of primary amides is 1. The van der Waals surface area contributed by atoms with Crippen molar-refractivity contribution in [2.45, 2.75) is 38.1 Å². The summed E-state index contributed by atoms with van der Waals surface area (Å²) in [5, 5.41) is 9.95. The average Bonchev–Trinajstić information content (AvgIpc) is 2.59. The molecule has 0 bridgehead atoms. The second-order valence-electron chi connectivity index (χ2n) is 5.75. The Balaban J connectivity index is 1.73. The van der Waals surface area contributed by atoms with Gasteiger partial charge in [-0.25, -0.2) is 0 Å². The lowest BCUT2D eigenvalue weighted by atomic mass is 10.1. The zero-order valence-corrected chi connectivity index (χ0v) is 13.8. The Morgan fingerprint density at radius 2 is 2.04 bits per heavy atom. The Labute approximate surface area is 141 Å². The molecule has 1 aromatic carbocycles. The number of hydrogen-bond donors (Lipinski definition) is 2. The molecule has 0 saturated carbocycles. The molecule has 1 amide bonds. The van der Waals surface area contributed by atoms with Crippen LogP contribution in [0.4, 0.5) is 0 Å². The van der Waals surface area contributed by atoms with Crippen LogP contribution in [0.1, 0.15) is 19.8 Å². The average molecular weight is 339 g/mol. The number of ether oxygens (including phenoxy) is 4. The smallest absolute Gasteiger partial charge is 0.258 e. The summed E-state index contributed by atoms with van der Waals surface area (Å²) in [6, 6.07) is 6.83. The van der Waals surface area contributed by atoms with Crippen molar-refractivity contribution >= 4 is 5.91 Å². The quantitative estimate of drug-likeness (QED) is 0.692. The van der Waals surface area contributed by atoms with Gasteiger partial charge in [-0.2, -0.15) is 0 Å². The molecule has 0 spiro atoms. The van der Waals surface area contributed by atoms with Crippen molar-refractivity contribution in [3.63, 3.8) is 0 Å². The minimum atomic E-state index is -0.723. The van der Waals surface area contributed by atoms with E-state index in [-0.39, 0.29) is 19.3 Å². The lowest BCUT2D eigenvalue weighted by Gasteiger charge is -2.23. The van der Waals surface area contributed by atoms with Crippen molar-refractivity contribution in [2.24, 2.45) is 5.73 Å². The van der Waals surface area contributed by atoms with Gasteiger partial charge in [0, 0.05) is 19.3 Å². The van der Waals surface area contributed by atoms with Crippen molar-refractivity contribution in [2.75, 3.05) is 26.4 Å². The van der Waals surface area contributed by atoms with Crippen LogP contribution in [-0.4, -0.2) is 55.8 Å². The van der Waals surface area contributed by atoms with Gasteiger partial charge in [0.15, 0.2) is 6.10 Å². The maximum absolute atomic E-state index is 11.0. The van der Waals surface area contributed by atoms with Crippen LogP contribution < -0.4 is 15.2 Å². The Hall–Kier alpha value is -1.83. The first-order valence-corrected chi connectivity index (χ1v) is 8.11. The Morgan fingerprint density at radius 3 is 2.75 bits per heavy atom. The second-order valence-corrected chi connectivity index (χ2v) is 5.75. The molecule has 134 valence electrons. The summed E-state index contributed by atoms with van der Waals surface area (Å²) < 4.78 is 21.8. The highest BCUT2D eigenvalue weighted by Crippen LogP contribution is 2.20. The van der Waals surface area contributed by atoms with E-state index in [0.29, 0.717) is 24.7 Å². The molecular weight excluding hydrogens is 314 g/mol. The molecule has 0 aromatic heterocycles. The summed E-state index contributed by atoms with van der Waals surface area (Å²) in [6.45, 7) is 3.31. The zero-order valence-electron chi connectivity index (χ0n) is 13.8. The molecule has 2 unspecified atom stereocenters. The Bertz CT molecular complexity index is 518. The summed E-state index contributed by atoms with van der Waals surface area (Å²) in [7, 11) is 0. The molecule has 24 heavy (non-hydrogen) atoms. The van der Waals surface area contributed by atoms with E-state index in [0.717, 1.165) is 12.8 Å². The van der Waals surface area contributed by atoms with Crippen LogP contribution in [0.25, 0.3) is 0 Å². The Morgan fingerprint density at radius 1 is 1.33 bits per heavy atom. The molecular formula is C17H25NO6. The SMILES string of the molecule is CC(Oc1cccc(OCC(O)COC2CCOCC2)c1)C(N)=O. The fourth-order valence-corrected chi connectivity index (χ4v) is 2.23. The third-order valence-corrected chi connectivity index (χ3v) is 3.65. The predicted molar refractivity (Wildman–Crippen MR) is 87.0 cm³/mol. The van der Waals surface area contributed by atoms with Crippen LogP contribution in [0.2, 0.25) is 0 Å². The molecule has 1 heterocycles. The van der Waals surface area contributed by atoms with Gasteiger partial charge in [0.1, 0.15) is 24.2 Å². The van der Waals surface area contributed by atoms with E-state index in [1.807, 2.05) is 0 Å².